The van der Waals surface area contributed by atoms with Gasteiger partial charge in [0.25, 0.3) is 5.91 Å². The molecule has 2 aromatic rings. The number of nitrogens with zero attached hydrogens (tertiary/aromatic N) is 3. The number of thiazole rings is 1. The zero-order valence-corrected chi connectivity index (χ0v) is 18.1. The van der Waals surface area contributed by atoms with Gasteiger partial charge in [0.2, 0.25) is 0 Å². The van der Waals surface area contributed by atoms with Crippen LogP contribution < -0.4 is 0 Å². The number of hydrogen-bond acceptors (Lipinski definition) is 4. The fourth-order valence-electron chi connectivity index (χ4n) is 3.30. The van der Waals surface area contributed by atoms with Crippen molar-refractivity contribution in [2.75, 3.05) is 32.7 Å². The summed E-state index contributed by atoms with van der Waals surface area (Å²) < 4.78 is 0. The molecule has 0 saturated carbocycles. The second-order valence-electron chi connectivity index (χ2n) is 6.90. The van der Waals surface area contributed by atoms with Gasteiger partial charge >= 0.3 is 0 Å². The van der Waals surface area contributed by atoms with Crippen molar-refractivity contribution in [1.29, 1.82) is 0 Å². The van der Waals surface area contributed by atoms with E-state index in [-0.39, 0.29) is 5.91 Å². The Morgan fingerprint density at radius 3 is 2.78 bits per heavy atom. The highest BCUT2D eigenvalue weighted by Gasteiger charge is 2.24. The van der Waals surface area contributed by atoms with Crippen LogP contribution in [0, 0.1) is 6.92 Å². The van der Waals surface area contributed by atoms with Gasteiger partial charge in [-0.25, -0.2) is 4.98 Å². The molecule has 0 atom stereocenters. The molecule has 1 saturated heterocycles. The van der Waals surface area contributed by atoms with Gasteiger partial charge in [-0.3, -0.25) is 4.79 Å². The smallest absolute Gasteiger partial charge is 0.265 e. The van der Waals surface area contributed by atoms with E-state index in [0.29, 0.717) is 14.9 Å². The number of hydrogen-bond donors (Lipinski definition) is 0. The number of unbranched alkanes of at least 4 members (excludes halogenated alkanes) is 1. The molecule has 1 aromatic heterocycles. The Bertz CT molecular complexity index is 809. The lowest BCUT2D eigenvalue weighted by Gasteiger charge is -2.21. The molecule has 0 radical (unpaired) electrons. The molecule has 7 heteroatoms. The fourth-order valence-corrected chi connectivity index (χ4v) is 4.92. The normalized spacial score (nSPS) is 15.8. The number of benzene rings is 1. The quantitative estimate of drug-likeness (QED) is 0.645. The van der Waals surface area contributed by atoms with Crippen molar-refractivity contribution in [1.82, 2.24) is 14.8 Å². The molecular weight excluding hydrogens is 401 g/mol. The van der Waals surface area contributed by atoms with Crippen LogP contribution in [0.4, 0.5) is 0 Å². The van der Waals surface area contributed by atoms with Crippen molar-refractivity contribution in [2.45, 2.75) is 33.1 Å². The summed E-state index contributed by atoms with van der Waals surface area (Å²) in [5, 5.41) is 1.90. The Labute approximate surface area is 175 Å². The van der Waals surface area contributed by atoms with Crippen LogP contribution in [0.1, 0.15) is 41.6 Å². The van der Waals surface area contributed by atoms with Gasteiger partial charge in [-0.2, -0.15) is 0 Å². The number of aromatic nitrogens is 1. The van der Waals surface area contributed by atoms with Gasteiger partial charge in [-0.15, -0.1) is 11.3 Å². The van der Waals surface area contributed by atoms with Crippen LogP contribution in [0.5, 0.6) is 0 Å². The summed E-state index contributed by atoms with van der Waals surface area (Å²) in [4.78, 5) is 22.8. The van der Waals surface area contributed by atoms with E-state index in [1.165, 1.54) is 24.2 Å². The lowest BCUT2D eigenvalue weighted by molar-refractivity contribution is 0.0765. The van der Waals surface area contributed by atoms with Crippen molar-refractivity contribution < 1.29 is 4.79 Å². The Kier molecular flexibility index (Phi) is 7.15. The molecule has 0 unspecified atom stereocenters. The highest BCUT2D eigenvalue weighted by atomic mass is 35.5. The topological polar surface area (TPSA) is 36.4 Å². The van der Waals surface area contributed by atoms with E-state index < -0.39 is 0 Å². The standard InChI is InChI=1S/C20H25Cl2N3OS/c1-3-4-8-24-9-5-10-25(12-11-24)20(26)18-14(2)23-19(27-18)16-7-6-15(21)13-17(16)22/h6-7,13H,3-5,8-12H2,1-2H3. The number of halogens is 2. The first-order chi connectivity index (χ1) is 13.0. The molecule has 0 bridgehead atoms. The summed E-state index contributed by atoms with van der Waals surface area (Å²) >= 11 is 13.7. The molecule has 1 aromatic carbocycles. The van der Waals surface area contributed by atoms with Crippen LogP contribution in [-0.2, 0) is 0 Å². The molecule has 0 spiro atoms. The van der Waals surface area contributed by atoms with E-state index in [1.807, 2.05) is 17.9 Å². The van der Waals surface area contributed by atoms with Gasteiger partial charge in [0.15, 0.2) is 0 Å². The number of carbonyl (C=O) groups excluding carboxylic acids is 1. The first-order valence-corrected chi connectivity index (χ1v) is 11.0. The minimum Gasteiger partial charge on any atom is -0.337 e. The predicted molar refractivity (Wildman–Crippen MR) is 114 cm³/mol. The van der Waals surface area contributed by atoms with Gasteiger partial charge in [0, 0.05) is 30.2 Å². The highest BCUT2D eigenvalue weighted by molar-refractivity contribution is 7.17. The number of amides is 1. The maximum Gasteiger partial charge on any atom is 0.265 e. The number of aryl methyl sites for hydroxylation is 1. The van der Waals surface area contributed by atoms with Crippen LogP contribution in [0.2, 0.25) is 10.0 Å². The third-order valence-corrected chi connectivity index (χ3v) is 6.58. The van der Waals surface area contributed by atoms with Crippen LogP contribution >= 0.6 is 34.5 Å². The van der Waals surface area contributed by atoms with Crippen molar-refractivity contribution in [2.24, 2.45) is 0 Å². The zero-order chi connectivity index (χ0) is 19.4. The van der Waals surface area contributed by atoms with Gasteiger partial charge in [0.05, 0.1) is 10.7 Å². The van der Waals surface area contributed by atoms with Gasteiger partial charge in [-0.1, -0.05) is 36.5 Å². The van der Waals surface area contributed by atoms with Crippen LogP contribution in [0.15, 0.2) is 18.2 Å². The minimum atomic E-state index is 0.0821. The third kappa shape index (κ3) is 5.02. The Balaban J connectivity index is 1.74. The van der Waals surface area contributed by atoms with E-state index in [1.54, 1.807) is 12.1 Å². The Morgan fingerprint density at radius 1 is 1.22 bits per heavy atom. The van der Waals surface area contributed by atoms with E-state index >= 15 is 0 Å². The van der Waals surface area contributed by atoms with Crippen molar-refractivity contribution in [3.8, 4) is 10.6 Å². The SMILES string of the molecule is CCCCN1CCCN(C(=O)c2sc(-c3ccc(Cl)cc3Cl)nc2C)CC1. The van der Waals surface area contributed by atoms with E-state index in [9.17, 15) is 4.79 Å². The van der Waals surface area contributed by atoms with E-state index in [4.69, 9.17) is 23.2 Å². The fraction of sp³-hybridized carbons (Fsp3) is 0.500. The minimum absolute atomic E-state index is 0.0821. The molecular formula is C20H25Cl2N3OS. The zero-order valence-electron chi connectivity index (χ0n) is 15.8. The lowest BCUT2D eigenvalue weighted by Crippen LogP contribution is -2.35. The highest BCUT2D eigenvalue weighted by Crippen LogP contribution is 2.35. The summed E-state index contributed by atoms with van der Waals surface area (Å²) in [5.41, 5.74) is 1.58. The van der Waals surface area contributed by atoms with Gasteiger partial charge in [0.1, 0.15) is 9.88 Å². The lowest BCUT2D eigenvalue weighted by atomic mass is 10.2. The average molecular weight is 426 g/mol. The molecule has 1 fully saturated rings. The van der Waals surface area contributed by atoms with Crippen molar-refractivity contribution >= 4 is 40.4 Å². The maximum atomic E-state index is 13.1. The molecule has 146 valence electrons. The predicted octanol–water partition coefficient (Wildman–Crippen LogP) is 5.37. The monoisotopic (exact) mass is 425 g/mol. The maximum absolute atomic E-state index is 13.1. The number of carbonyl (C=O) groups is 1. The van der Waals surface area contributed by atoms with E-state index in [0.717, 1.165) is 55.4 Å². The third-order valence-electron chi connectivity index (χ3n) is 4.86. The summed E-state index contributed by atoms with van der Waals surface area (Å²) in [6.45, 7) is 8.81. The van der Waals surface area contributed by atoms with Crippen LogP contribution in [-0.4, -0.2) is 53.4 Å². The van der Waals surface area contributed by atoms with Crippen LogP contribution in [0.3, 0.4) is 0 Å². The molecule has 2 heterocycles. The Hall–Kier alpha value is -1.14. The van der Waals surface area contributed by atoms with Gasteiger partial charge in [-0.05, 0) is 51.1 Å². The van der Waals surface area contributed by atoms with Crippen LogP contribution in [0.25, 0.3) is 10.6 Å². The molecule has 3 rings (SSSR count). The second-order valence-corrected chi connectivity index (χ2v) is 8.74. The summed E-state index contributed by atoms with van der Waals surface area (Å²) in [5.74, 6) is 0.0821. The molecule has 4 nitrogen and oxygen atoms in total. The molecule has 0 N–H and O–H groups in total. The molecule has 1 aliphatic rings. The average Bonchev–Trinajstić information content (AvgIpc) is 2.87. The Morgan fingerprint density at radius 2 is 2.04 bits per heavy atom. The summed E-state index contributed by atoms with van der Waals surface area (Å²) in [6, 6.07) is 5.35. The van der Waals surface area contributed by atoms with Crippen molar-refractivity contribution in [3.05, 3.63) is 38.8 Å². The second kappa shape index (κ2) is 9.37. The van der Waals surface area contributed by atoms with Gasteiger partial charge < -0.3 is 9.80 Å². The van der Waals surface area contributed by atoms with Crippen molar-refractivity contribution in [3.63, 3.8) is 0 Å². The summed E-state index contributed by atoms with van der Waals surface area (Å²) in [7, 11) is 0. The number of rotatable bonds is 5. The largest absolute Gasteiger partial charge is 0.337 e. The summed E-state index contributed by atoms with van der Waals surface area (Å²) in [6.07, 6.45) is 3.44. The first kappa shape index (κ1) is 20.6. The molecule has 27 heavy (non-hydrogen) atoms. The molecule has 1 aliphatic heterocycles. The molecule has 0 aliphatic carbocycles. The van der Waals surface area contributed by atoms with E-state index in [2.05, 4.69) is 16.8 Å². The first-order valence-electron chi connectivity index (χ1n) is 9.44. The molecule has 1 amide bonds.